The number of ether oxygens (including phenoxy) is 3. The third-order valence-electron chi connectivity index (χ3n) is 5.39. The third-order valence-corrected chi connectivity index (χ3v) is 6.69. The second kappa shape index (κ2) is 8.27. The van der Waals surface area contributed by atoms with Gasteiger partial charge in [0, 0.05) is 5.56 Å². The van der Waals surface area contributed by atoms with Crippen molar-refractivity contribution < 1.29 is 31.9 Å². The lowest BCUT2D eigenvalue weighted by Gasteiger charge is -2.29. The van der Waals surface area contributed by atoms with Gasteiger partial charge in [0.2, 0.25) is 0 Å². The predicted octanol–water partition coefficient (Wildman–Crippen LogP) is 2.67. The van der Waals surface area contributed by atoms with E-state index < -0.39 is 46.6 Å². The van der Waals surface area contributed by atoms with Crippen LogP contribution in [-0.2, 0) is 28.5 Å². The van der Waals surface area contributed by atoms with Gasteiger partial charge in [0.25, 0.3) is 10.1 Å². The Morgan fingerprint density at radius 3 is 2.47 bits per heavy atom. The largest absolute Gasteiger partial charge is 0.372 e. The number of aryl methyl sites for hydroxylation is 2. The molecule has 7 nitrogen and oxygen atoms in total. The zero-order chi connectivity index (χ0) is 23.1. The lowest BCUT2D eigenvalue weighted by atomic mass is 9.93. The second-order valence-corrected chi connectivity index (χ2v) is 10.2. The molecule has 1 unspecified atom stereocenters. The van der Waals surface area contributed by atoms with Crippen LogP contribution in [0.4, 0.5) is 0 Å². The molecule has 2 aromatic rings. The van der Waals surface area contributed by atoms with Gasteiger partial charge >= 0.3 is 0 Å². The van der Waals surface area contributed by atoms with Gasteiger partial charge in [-0.15, -0.1) is 0 Å². The molecule has 2 fully saturated rings. The fraction of sp³-hybridized carbons (Fsp3) is 0.417. The Hall–Kier alpha value is -2.25. The van der Waals surface area contributed by atoms with Crippen LogP contribution >= 0.6 is 0 Å². The summed E-state index contributed by atoms with van der Waals surface area (Å²) in [6.45, 7) is 6.76. The third kappa shape index (κ3) is 4.59. The van der Waals surface area contributed by atoms with Crippen LogP contribution in [0.3, 0.4) is 0 Å². The number of aliphatic hydroxyl groups is 1. The van der Waals surface area contributed by atoms with Gasteiger partial charge in [-0.3, -0.25) is 4.18 Å². The molecule has 4 rings (SSSR count). The van der Waals surface area contributed by atoms with Crippen LogP contribution in [0.1, 0.15) is 30.5 Å². The maximum atomic E-state index is 12.6. The van der Waals surface area contributed by atoms with Crippen molar-refractivity contribution in [2.24, 2.45) is 0 Å². The van der Waals surface area contributed by atoms with Crippen LogP contribution < -0.4 is 0 Å². The number of fused-ring (bicyclic) bond motifs is 1. The first kappa shape index (κ1) is 22.9. The van der Waals surface area contributed by atoms with E-state index in [-0.39, 0.29) is 4.90 Å². The summed E-state index contributed by atoms with van der Waals surface area (Å²) >= 11 is 0. The Kier molecular flexibility index (Phi) is 5.92. The normalized spacial score (nSPS) is 28.7. The summed E-state index contributed by atoms with van der Waals surface area (Å²) in [7, 11) is -4.05. The Bertz CT molecular complexity index is 1160. The minimum Gasteiger partial charge on any atom is -0.372 e. The van der Waals surface area contributed by atoms with E-state index in [0.29, 0.717) is 5.56 Å². The molecule has 2 aromatic carbocycles. The van der Waals surface area contributed by atoms with E-state index in [1.54, 1.807) is 26.0 Å². The zero-order valence-corrected chi connectivity index (χ0v) is 19.2. The van der Waals surface area contributed by atoms with Crippen molar-refractivity contribution in [2.45, 2.75) is 62.5 Å². The minimum absolute atomic E-state index is 0.0179. The average Bonchev–Trinajstić information content (AvgIpc) is 3.16. The molecular formula is C24H26O7S. The maximum absolute atomic E-state index is 12.6. The van der Waals surface area contributed by atoms with Gasteiger partial charge in [-0.25, -0.2) is 0 Å². The van der Waals surface area contributed by atoms with E-state index in [1.165, 1.54) is 12.1 Å². The van der Waals surface area contributed by atoms with Gasteiger partial charge in [-0.05, 0) is 57.5 Å². The second-order valence-electron chi connectivity index (χ2n) is 8.55. The molecule has 0 spiro atoms. The highest BCUT2D eigenvalue weighted by molar-refractivity contribution is 7.86. The predicted molar refractivity (Wildman–Crippen MR) is 116 cm³/mol. The van der Waals surface area contributed by atoms with Crippen molar-refractivity contribution in [1.29, 1.82) is 0 Å². The fourth-order valence-electron chi connectivity index (χ4n) is 3.71. The highest BCUT2D eigenvalue weighted by atomic mass is 32.2. The molecular weight excluding hydrogens is 432 g/mol. The van der Waals surface area contributed by atoms with Crippen LogP contribution in [-0.4, -0.2) is 50.0 Å². The summed E-state index contributed by atoms with van der Waals surface area (Å²) in [6.07, 6.45) is -2.94. The lowest BCUT2D eigenvalue weighted by molar-refractivity contribution is -0.224. The van der Waals surface area contributed by atoms with Gasteiger partial charge in [0.1, 0.15) is 6.10 Å². The van der Waals surface area contributed by atoms with Crippen LogP contribution in [0, 0.1) is 25.7 Å². The molecule has 0 bridgehead atoms. The van der Waals surface area contributed by atoms with Crippen molar-refractivity contribution in [2.75, 3.05) is 6.61 Å². The van der Waals surface area contributed by atoms with E-state index >= 15 is 0 Å². The average molecular weight is 459 g/mol. The molecule has 2 heterocycles. The summed E-state index contributed by atoms with van der Waals surface area (Å²) in [5.41, 5.74) is 0.806. The molecule has 0 aromatic heterocycles. The molecule has 0 radical (unpaired) electrons. The molecule has 0 amide bonds. The highest BCUT2D eigenvalue weighted by Crippen LogP contribution is 2.43. The first-order valence-corrected chi connectivity index (χ1v) is 11.7. The summed E-state index contributed by atoms with van der Waals surface area (Å²) in [5.74, 6) is 4.82. The minimum atomic E-state index is -4.05. The summed E-state index contributed by atoms with van der Waals surface area (Å²) in [5, 5.41) is 11.5. The maximum Gasteiger partial charge on any atom is 0.297 e. The first-order valence-electron chi connectivity index (χ1n) is 10.3. The van der Waals surface area contributed by atoms with Crippen molar-refractivity contribution >= 4 is 10.1 Å². The van der Waals surface area contributed by atoms with Crippen LogP contribution in [0.25, 0.3) is 0 Å². The topological polar surface area (TPSA) is 91.3 Å². The Labute approximate surface area is 188 Å². The standard InChI is InChI=1S/C24H26O7S/c1-16-8-10-19(11-9-16)32(26,27)28-15-20-24(25,13-12-18-7-5-6-17(2)14-18)21-22(29-20)31-23(3,4)30-21/h5-11,14,20-22,25H,15H2,1-4H3/t20?,21-,22+,24+/m0/s1. The quantitative estimate of drug-likeness (QED) is 0.556. The molecule has 32 heavy (non-hydrogen) atoms. The van der Waals surface area contributed by atoms with Gasteiger partial charge in [-0.1, -0.05) is 41.7 Å². The van der Waals surface area contributed by atoms with E-state index in [2.05, 4.69) is 11.8 Å². The van der Waals surface area contributed by atoms with E-state index in [0.717, 1.165) is 11.1 Å². The summed E-state index contributed by atoms with van der Waals surface area (Å²) < 4.78 is 47.9. The van der Waals surface area contributed by atoms with Crippen molar-refractivity contribution in [3.8, 4) is 11.8 Å². The lowest BCUT2D eigenvalue weighted by Crippen LogP contribution is -2.49. The molecule has 4 atom stereocenters. The molecule has 1 N–H and O–H groups in total. The molecule has 2 aliphatic heterocycles. The molecule has 8 heteroatoms. The Morgan fingerprint density at radius 1 is 1.06 bits per heavy atom. The summed E-state index contributed by atoms with van der Waals surface area (Å²) in [4.78, 5) is 0.0179. The smallest absolute Gasteiger partial charge is 0.297 e. The molecule has 0 aliphatic carbocycles. The zero-order valence-electron chi connectivity index (χ0n) is 18.4. The molecule has 2 saturated heterocycles. The monoisotopic (exact) mass is 458 g/mol. The Balaban J connectivity index is 1.60. The first-order chi connectivity index (χ1) is 15.0. The van der Waals surface area contributed by atoms with Gasteiger partial charge in [-0.2, -0.15) is 8.42 Å². The van der Waals surface area contributed by atoms with Crippen molar-refractivity contribution in [3.63, 3.8) is 0 Å². The number of hydrogen-bond donors (Lipinski definition) is 1. The van der Waals surface area contributed by atoms with E-state index in [4.69, 9.17) is 18.4 Å². The highest BCUT2D eigenvalue weighted by Gasteiger charge is 2.63. The number of hydrogen-bond acceptors (Lipinski definition) is 7. The molecule has 170 valence electrons. The van der Waals surface area contributed by atoms with E-state index in [1.807, 2.05) is 38.1 Å². The fourth-order valence-corrected chi connectivity index (χ4v) is 4.62. The van der Waals surface area contributed by atoms with Crippen LogP contribution in [0.15, 0.2) is 53.4 Å². The van der Waals surface area contributed by atoms with Gasteiger partial charge < -0.3 is 19.3 Å². The number of rotatable bonds is 4. The summed E-state index contributed by atoms with van der Waals surface area (Å²) in [6, 6.07) is 13.8. The molecule has 0 saturated carbocycles. The van der Waals surface area contributed by atoms with Crippen molar-refractivity contribution in [3.05, 3.63) is 65.2 Å². The van der Waals surface area contributed by atoms with Crippen LogP contribution in [0.2, 0.25) is 0 Å². The van der Waals surface area contributed by atoms with E-state index in [9.17, 15) is 13.5 Å². The molecule has 2 aliphatic rings. The van der Waals surface area contributed by atoms with Crippen LogP contribution in [0.5, 0.6) is 0 Å². The van der Waals surface area contributed by atoms with Gasteiger partial charge in [0.05, 0.1) is 11.5 Å². The van der Waals surface area contributed by atoms with Crippen molar-refractivity contribution in [1.82, 2.24) is 0 Å². The SMILES string of the molecule is Cc1ccc(S(=O)(=O)OCC2O[C@@H]3OC(C)(C)O[C@@H]3[C@@]2(O)C#Cc2cccc(C)c2)cc1. The Morgan fingerprint density at radius 2 is 1.78 bits per heavy atom. The van der Waals surface area contributed by atoms with Gasteiger partial charge in [0.15, 0.2) is 23.8 Å². The number of benzene rings is 2.